The fraction of sp³-hybridized carbons (Fsp3) is 0. The average molecular weight is 227 g/mol. The van der Waals surface area contributed by atoms with Crippen LogP contribution in [0, 0.1) is 0 Å². The van der Waals surface area contributed by atoms with E-state index in [1.165, 1.54) is 12.3 Å². The van der Waals surface area contributed by atoms with E-state index in [0.29, 0.717) is 5.56 Å². The van der Waals surface area contributed by atoms with Crippen LogP contribution in [0.15, 0.2) is 42.6 Å². The van der Waals surface area contributed by atoms with Crippen molar-refractivity contribution in [2.24, 2.45) is 0 Å². The van der Waals surface area contributed by atoms with Crippen LogP contribution in [-0.4, -0.2) is 22.3 Å². The zero-order valence-electron chi connectivity index (χ0n) is 8.83. The number of carbonyl (C=O) groups excluding carboxylic acids is 1. The first-order chi connectivity index (χ1) is 8.20. The predicted molar refractivity (Wildman–Crippen MR) is 62.0 cm³/mol. The summed E-state index contributed by atoms with van der Waals surface area (Å²) in [6, 6.07) is 10.1. The van der Waals surface area contributed by atoms with Crippen molar-refractivity contribution >= 4 is 12.3 Å². The van der Waals surface area contributed by atoms with Gasteiger partial charge < -0.3 is 5.11 Å². The van der Waals surface area contributed by atoms with Crippen molar-refractivity contribution in [2.45, 2.75) is 0 Å². The second kappa shape index (κ2) is 4.57. The highest BCUT2D eigenvalue weighted by molar-refractivity contribution is 5.86. The van der Waals surface area contributed by atoms with Gasteiger partial charge in [0.05, 0.1) is 0 Å². The van der Waals surface area contributed by atoms with E-state index >= 15 is 0 Å². The Bertz CT molecular complexity index is 561. The van der Waals surface area contributed by atoms with Crippen LogP contribution >= 0.6 is 0 Å². The minimum Gasteiger partial charge on any atom is -0.477 e. The number of hydrogen-bond acceptors (Lipinski definition) is 3. The molecule has 1 heterocycles. The number of aromatic nitrogens is 1. The lowest BCUT2D eigenvalue weighted by molar-refractivity contribution is 0.0690. The molecule has 1 N–H and O–H groups in total. The molecular formula is C13H9NO3. The summed E-state index contributed by atoms with van der Waals surface area (Å²) in [6.07, 6.45) is 2.25. The first-order valence-corrected chi connectivity index (χ1v) is 4.95. The maximum atomic E-state index is 10.6. The molecule has 0 saturated heterocycles. The van der Waals surface area contributed by atoms with E-state index in [1.807, 2.05) is 6.07 Å². The summed E-state index contributed by atoms with van der Waals surface area (Å²) in [4.78, 5) is 25.1. The highest BCUT2D eigenvalue weighted by Gasteiger charge is 2.04. The van der Waals surface area contributed by atoms with Crippen LogP contribution < -0.4 is 0 Å². The minimum absolute atomic E-state index is 0.000270. The number of pyridine rings is 1. The van der Waals surface area contributed by atoms with Crippen molar-refractivity contribution in [3.63, 3.8) is 0 Å². The van der Waals surface area contributed by atoms with Crippen molar-refractivity contribution in [2.75, 3.05) is 0 Å². The standard InChI is InChI=1S/C13H9NO3/c15-8-9-2-1-3-10(6-9)11-4-5-12(13(16)17)14-7-11/h1-8H,(H,16,17). The summed E-state index contributed by atoms with van der Waals surface area (Å²) in [5, 5.41) is 8.72. The Morgan fingerprint density at radius 1 is 1.18 bits per heavy atom. The van der Waals surface area contributed by atoms with Gasteiger partial charge >= 0.3 is 5.97 Å². The van der Waals surface area contributed by atoms with Crippen molar-refractivity contribution in [1.29, 1.82) is 0 Å². The van der Waals surface area contributed by atoms with Gasteiger partial charge in [-0.15, -0.1) is 0 Å². The highest BCUT2D eigenvalue weighted by atomic mass is 16.4. The molecule has 0 spiro atoms. The monoisotopic (exact) mass is 227 g/mol. The lowest BCUT2D eigenvalue weighted by atomic mass is 10.1. The van der Waals surface area contributed by atoms with Gasteiger partial charge in [-0.05, 0) is 17.7 Å². The Kier molecular flexibility index (Phi) is 2.96. The van der Waals surface area contributed by atoms with Gasteiger partial charge in [0.1, 0.15) is 12.0 Å². The van der Waals surface area contributed by atoms with E-state index in [9.17, 15) is 9.59 Å². The quantitative estimate of drug-likeness (QED) is 0.816. The molecule has 0 saturated carbocycles. The SMILES string of the molecule is O=Cc1cccc(-c2ccc(C(=O)O)nc2)c1. The van der Waals surface area contributed by atoms with Gasteiger partial charge in [-0.1, -0.05) is 24.3 Å². The maximum Gasteiger partial charge on any atom is 0.354 e. The number of aromatic carboxylic acids is 1. The molecule has 4 heteroatoms. The normalized spacial score (nSPS) is 9.88. The Morgan fingerprint density at radius 3 is 2.59 bits per heavy atom. The average Bonchev–Trinajstić information content (AvgIpc) is 2.39. The lowest BCUT2D eigenvalue weighted by Gasteiger charge is -2.02. The van der Waals surface area contributed by atoms with Crippen LogP contribution in [0.4, 0.5) is 0 Å². The van der Waals surface area contributed by atoms with Gasteiger partial charge in [0, 0.05) is 17.3 Å². The molecule has 2 rings (SSSR count). The topological polar surface area (TPSA) is 67.3 Å². The van der Waals surface area contributed by atoms with Crippen LogP contribution in [0.3, 0.4) is 0 Å². The molecule has 1 aromatic carbocycles. The molecule has 0 radical (unpaired) electrons. The third-order valence-electron chi connectivity index (χ3n) is 2.34. The fourth-order valence-electron chi connectivity index (χ4n) is 1.48. The smallest absolute Gasteiger partial charge is 0.354 e. The summed E-state index contributed by atoms with van der Waals surface area (Å²) >= 11 is 0. The third kappa shape index (κ3) is 2.36. The molecule has 4 nitrogen and oxygen atoms in total. The molecule has 0 aliphatic rings. The highest BCUT2D eigenvalue weighted by Crippen LogP contribution is 2.19. The zero-order chi connectivity index (χ0) is 12.3. The van der Waals surface area contributed by atoms with Gasteiger partial charge in [0.15, 0.2) is 0 Å². The first-order valence-electron chi connectivity index (χ1n) is 4.95. The van der Waals surface area contributed by atoms with E-state index in [2.05, 4.69) is 4.98 Å². The second-order valence-electron chi connectivity index (χ2n) is 3.48. The van der Waals surface area contributed by atoms with Crippen LogP contribution in [0.5, 0.6) is 0 Å². The Morgan fingerprint density at radius 2 is 2.00 bits per heavy atom. The van der Waals surface area contributed by atoms with Gasteiger partial charge in [-0.25, -0.2) is 9.78 Å². The molecule has 2 aromatic rings. The van der Waals surface area contributed by atoms with Gasteiger partial charge in [0.25, 0.3) is 0 Å². The molecular weight excluding hydrogens is 218 g/mol. The lowest BCUT2D eigenvalue weighted by Crippen LogP contribution is -1.99. The molecule has 0 bridgehead atoms. The Hall–Kier alpha value is -2.49. The van der Waals surface area contributed by atoms with E-state index in [-0.39, 0.29) is 5.69 Å². The summed E-state index contributed by atoms with van der Waals surface area (Å²) in [6.45, 7) is 0. The number of benzene rings is 1. The van der Waals surface area contributed by atoms with Crippen molar-refractivity contribution in [3.8, 4) is 11.1 Å². The summed E-state index contributed by atoms with van der Waals surface area (Å²) < 4.78 is 0. The summed E-state index contributed by atoms with van der Waals surface area (Å²) in [5.74, 6) is -1.06. The largest absolute Gasteiger partial charge is 0.477 e. The molecule has 1 aromatic heterocycles. The van der Waals surface area contributed by atoms with E-state index in [4.69, 9.17) is 5.11 Å². The Labute approximate surface area is 97.6 Å². The summed E-state index contributed by atoms with van der Waals surface area (Å²) in [5.41, 5.74) is 2.18. The molecule has 0 atom stereocenters. The molecule has 0 unspecified atom stereocenters. The molecule has 84 valence electrons. The number of nitrogens with zero attached hydrogens (tertiary/aromatic N) is 1. The molecule has 0 aliphatic heterocycles. The van der Waals surface area contributed by atoms with Crippen LogP contribution in [0.2, 0.25) is 0 Å². The number of aldehydes is 1. The van der Waals surface area contributed by atoms with Crippen molar-refractivity contribution in [1.82, 2.24) is 4.98 Å². The number of hydrogen-bond donors (Lipinski definition) is 1. The van der Waals surface area contributed by atoms with Gasteiger partial charge in [-0.3, -0.25) is 4.79 Å². The maximum absolute atomic E-state index is 10.6. The van der Waals surface area contributed by atoms with E-state index < -0.39 is 5.97 Å². The second-order valence-corrected chi connectivity index (χ2v) is 3.48. The Balaban J connectivity index is 2.39. The minimum atomic E-state index is -1.06. The van der Waals surface area contributed by atoms with Crippen molar-refractivity contribution < 1.29 is 14.7 Å². The van der Waals surface area contributed by atoms with E-state index in [0.717, 1.165) is 17.4 Å². The molecule has 0 aliphatic carbocycles. The number of carboxylic acids is 1. The number of carboxylic acid groups (broad SMARTS) is 1. The molecule has 17 heavy (non-hydrogen) atoms. The van der Waals surface area contributed by atoms with Crippen LogP contribution in [0.25, 0.3) is 11.1 Å². The molecule has 0 amide bonds. The summed E-state index contributed by atoms with van der Waals surface area (Å²) in [7, 11) is 0. The zero-order valence-corrected chi connectivity index (χ0v) is 8.83. The van der Waals surface area contributed by atoms with Crippen LogP contribution in [0.1, 0.15) is 20.8 Å². The predicted octanol–water partition coefficient (Wildman–Crippen LogP) is 2.26. The third-order valence-corrected chi connectivity index (χ3v) is 2.34. The van der Waals surface area contributed by atoms with Gasteiger partial charge in [0.2, 0.25) is 0 Å². The fourth-order valence-corrected chi connectivity index (χ4v) is 1.48. The van der Waals surface area contributed by atoms with Gasteiger partial charge in [-0.2, -0.15) is 0 Å². The number of carbonyl (C=O) groups is 2. The van der Waals surface area contributed by atoms with Crippen molar-refractivity contribution in [3.05, 3.63) is 53.9 Å². The van der Waals surface area contributed by atoms with Crippen LogP contribution in [-0.2, 0) is 0 Å². The molecule has 0 fully saturated rings. The van der Waals surface area contributed by atoms with E-state index in [1.54, 1.807) is 24.3 Å². The first kappa shape index (κ1) is 11.0. The number of rotatable bonds is 3.